The molecule has 0 bridgehead atoms. The molecular weight excluding hydrogens is 1250 g/mol. The molecule has 2 N–H and O–H groups in total. The standard InChI is InChI=1S/2C32H44F5NO5S.ClH/c2*1-30-11-9-25-24-6-5-23(43-28(40)20-38-12-14-42-15-13-38)19-22(24)18-21(29(25)26(30)7-8-27(30)39)4-2-16-44(41)17-3-10-31(33,34)32(35,36)37;/h2*5-6,19,21,25-27,29,39H,2-4,7-18,20H2,1H3;1H/t2*21-,25-,26+,27+,29-,30+,44?;/m11./s1. The van der Waals surface area contributed by atoms with Crippen LogP contribution in [0.15, 0.2) is 36.4 Å². The Balaban J connectivity index is 0.000000228. The van der Waals surface area contributed by atoms with E-state index >= 15 is 0 Å². The summed E-state index contributed by atoms with van der Waals surface area (Å²) in [6.45, 7) is 9.89. The van der Waals surface area contributed by atoms with E-state index in [1.807, 2.05) is 34.1 Å². The molecule has 2 aliphatic heterocycles. The van der Waals surface area contributed by atoms with E-state index in [-0.39, 0.29) is 95.3 Å². The van der Waals surface area contributed by atoms with Gasteiger partial charge in [0.2, 0.25) is 0 Å². The summed E-state index contributed by atoms with van der Waals surface area (Å²) in [6.07, 6.45) is -4.18. The molecule has 25 heteroatoms. The molecule has 2 heterocycles. The second-order valence-electron chi connectivity index (χ2n) is 26.8. The fourth-order valence-corrected chi connectivity index (χ4v) is 19.1. The molecule has 12 nitrogen and oxygen atoms in total. The van der Waals surface area contributed by atoms with Gasteiger partial charge in [-0.2, -0.15) is 43.9 Å². The molecule has 0 radical (unpaired) electrons. The highest BCUT2D eigenvalue weighted by Gasteiger charge is 2.60. The summed E-state index contributed by atoms with van der Waals surface area (Å²) in [4.78, 5) is 29.3. The average Bonchev–Trinajstić information content (AvgIpc) is 1.79. The van der Waals surface area contributed by atoms with Gasteiger partial charge in [-0.05, 0) is 207 Å². The molecule has 2 aromatic carbocycles. The van der Waals surface area contributed by atoms with Crippen LogP contribution in [0.1, 0.15) is 151 Å². The molecule has 0 amide bonds. The van der Waals surface area contributed by atoms with Crippen molar-refractivity contribution in [2.45, 2.75) is 178 Å². The van der Waals surface area contributed by atoms with Crippen molar-refractivity contribution >= 4 is 45.9 Å². The van der Waals surface area contributed by atoms with Crippen LogP contribution in [-0.4, -0.2) is 165 Å². The van der Waals surface area contributed by atoms with E-state index in [1.54, 1.807) is 0 Å². The molecule has 6 fully saturated rings. The molecule has 4 saturated carbocycles. The lowest BCUT2D eigenvalue weighted by atomic mass is 9.52. The summed E-state index contributed by atoms with van der Waals surface area (Å²) in [5.41, 5.74) is 4.47. The van der Waals surface area contributed by atoms with Gasteiger partial charge in [-0.25, -0.2) is 0 Å². The van der Waals surface area contributed by atoms with E-state index in [0.29, 0.717) is 112 Å². The molecule has 14 atom stereocenters. The number of rotatable bonds is 22. The SMILES string of the molecule is C[C@]12CC[C@@H]3c4ccc(OC(=O)CN5CCOCC5)cc4C[C@@H](CCCS(=O)CCCC(F)(F)C(F)(F)F)[C@H]3[C@@H]1CC[C@@H]2O.C[C@]12CC[C@@H]3c4ccc(OC(=O)CN5CCOCC5)cc4C[C@@H](CCCS(=O)CCCC(F)(F)C(F)(F)F)[C@H]3[C@@H]1CC[C@@H]2O.Cl. The van der Waals surface area contributed by atoms with Crippen LogP contribution in [0.25, 0.3) is 0 Å². The first-order valence-electron chi connectivity index (χ1n) is 31.8. The molecule has 2 unspecified atom stereocenters. The summed E-state index contributed by atoms with van der Waals surface area (Å²) >= 11 is 0. The van der Waals surface area contributed by atoms with E-state index in [4.69, 9.17) is 18.9 Å². The zero-order valence-corrected chi connectivity index (χ0v) is 53.4. The van der Waals surface area contributed by atoms with Crippen LogP contribution in [0, 0.1) is 46.3 Å². The number of hydrogen-bond donors (Lipinski definition) is 2. The lowest BCUT2D eigenvalue weighted by Crippen LogP contribution is -2.47. The van der Waals surface area contributed by atoms with Crippen molar-refractivity contribution in [2.75, 3.05) is 88.7 Å². The van der Waals surface area contributed by atoms with E-state index in [9.17, 15) is 72.1 Å². The quantitative estimate of drug-likeness (QED) is 0.0656. The number of carbonyl (C=O) groups excluding carboxylic acids is 2. The van der Waals surface area contributed by atoms with Crippen molar-refractivity contribution in [3.8, 4) is 11.5 Å². The smallest absolute Gasteiger partial charge is 0.426 e. The number of fused-ring (bicyclic) bond motifs is 10. The summed E-state index contributed by atoms with van der Waals surface area (Å²) in [6, 6.07) is 11.8. The van der Waals surface area contributed by atoms with Gasteiger partial charge in [0.15, 0.2) is 0 Å². The van der Waals surface area contributed by atoms with Crippen LogP contribution in [0.2, 0.25) is 0 Å². The number of hydrogen-bond acceptors (Lipinski definition) is 12. The first-order chi connectivity index (χ1) is 41.6. The largest absolute Gasteiger partial charge is 0.453 e. The maximum atomic E-state index is 13.2. The zero-order valence-electron chi connectivity index (χ0n) is 50.9. The number of nitrogens with zero attached hydrogens (tertiary/aromatic N) is 2. The van der Waals surface area contributed by atoms with Gasteiger partial charge < -0.3 is 29.2 Å². The molecule has 6 aliphatic carbocycles. The van der Waals surface area contributed by atoms with Crippen LogP contribution < -0.4 is 9.47 Å². The normalized spacial score (nSPS) is 31.2. The van der Waals surface area contributed by atoms with Crippen LogP contribution >= 0.6 is 12.4 Å². The maximum Gasteiger partial charge on any atom is 0.453 e. The first-order valence-corrected chi connectivity index (χ1v) is 34.8. The van der Waals surface area contributed by atoms with Gasteiger partial charge in [0.1, 0.15) is 11.5 Å². The number of carbonyl (C=O) groups is 2. The van der Waals surface area contributed by atoms with Gasteiger partial charge in [0, 0.05) is 83.6 Å². The maximum absolute atomic E-state index is 13.2. The topological polar surface area (TPSA) is 152 Å². The van der Waals surface area contributed by atoms with Crippen molar-refractivity contribution in [3.05, 3.63) is 58.7 Å². The van der Waals surface area contributed by atoms with E-state index in [1.165, 1.54) is 11.1 Å². The second-order valence-corrected chi connectivity index (χ2v) is 30.2. The molecule has 2 aromatic rings. The number of morpholine rings is 2. The minimum absolute atomic E-state index is 0. The number of esters is 2. The summed E-state index contributed by atoms with van der Waals surface area (Å²) in [7, 11) is -2.97. The molecule has 2 saturated heterocycles. The van der Waals surface area contributed by atoms with Crippen molar-refractivity contribution in [3.63, 3.8) is 0 Å². The van der Waals surface area contributed by atoms with Gasteiger partial charge in [0.25, 0.3) is 0 Å². The highest BCUT2D eigenvalue weighted by atomic mass is 35.5. The third-order valence-electron chi connectivity index (χ3n) is 21.5. The Morgan fingerprint density at radius 1 is 0.562 bits per heavy atom. The van der Waals surface area contributed by atoms with Crippen LogP contribution in [0.3, 0.4) is 0 Å². The van der Waals surface area contributed by atoms with Gasteiger partial charge in [0.05, 0.1) is 51.7 Å². The molecule has 89 heavy (non-hydrogen) atoms. The van der Waals surface area contributed by atoms with E-state index < -0.39 is 71.5 Å². The molecule has 504 valence electrons. The Morgan fingerprint density at radius 3 is 1.28 bits per heavy atom. The number of halogens is 11. The van der Waals surface area contributed by atoms with Crippen molar-refractivity contribution < 1.29 is 91.1 Å². The highest BCUT2D eigenvalue weighted by molar-refractivity contribution is 7.85. The summed E-state index contributed by atoms with van der Waals surface area (Å²) < 4.78 is 175. The fourth-order valence-electron chi connectivity index (χ4n) is 16.8. The lowest BCUT2D eigenvalue weighted by molar-refractivity contribution is -0.284. The average molecular weight is 1340 g/mol. The first kappa shape index (κ1) is 71.9. The van der Waals surface area contributed by atoms with Gasteiger partial charge >= 0.3 is 36.1 Å². The van der Waals surface area contributed by atoms with Crippen molar-refractivity contribution in [1.82, 2.24) is 9.80 Å². The monoisotopic (exact) mass is 1330 g/mol. The minimum Gasteiger partial charge on any atom is -0.426 e. The lowest BCUT2D eigenvalue weighted by Gasteiger charge is -2.53. The van der Waals surface area contributed by atoms with Crippen molar-refractivity contribution in [2.24, 2.45) is 46.3 Å². The number of ether oxygens (including phenoxy) is 4. The summed E-state index contributed by atoms with van der Waals surface area (Å²) in [5, 5.41) is 21.8. The molecule has 10 rings (SSSR count). The highest BCUT2D eigenvalue weighted by Crippen LogP contribution is 2.64. The molecule has 8 aliphatic rings. The number of aliphatic hydroxyl groups is 2. The molecular formula is C64H89ClF10N2O10S2. The fraction of sp³-hybridized carbons (Fsp3) is 0.781. The summed E-state index contributed by atoms with van der Waals surface area (Å²) in [5.74, 6) is -6.64. The minimum atomic E-state index is -5.59. The van der Waals surface area contributed by atoms with Gasteiger partial charge in [-0.3, -0.25) is 27.8 Å². The molecule has 0 aromatic heterocycles. The third kappa shape index (κ3) is 17.1. The van der Waals surface area contributed by atoms with Crippen LogP contribution in [-0.2, 0) is 53.5 Å². The predicted molar refractivity (Wildman–Crippen MR) is 320 cm³/mol. The second kappa shape index (κ2) is 30.2. The van der Waals surface area contributed by atoms with Crippen LogP contribution in [0.5, 0.6) is 11.5 Å². The van der Waals surface area contributed by atoms with Crippen LogP contribution in [0.4, 0.5) is 43.9 Å². The van der Waals surface area contributed by atoms with Gasteiger partial charge in [-0.1, -0.05) is 26.0 Å². The number of aliphatic hydroxyl groups excluding tert-OH is 2. The van der Waals surface area contributed by atoms with Crippen molar-refractivity contribution in [1.29, 1.82) is 0 Å². The number of alkyl halides is 10. The Morgan fingerprint density at radius 2 is 0.921 bits per heavy atom. The third-order valence-corrected chi connectivity index (χ3v) is 24.4. The van der Waals surface area contributed by atoms with E-state index in [2.05, 4.69) is 26.0 Å². The van der Waals surface area contributed by atoms with Gasteiger partial charge in [-0.15, -0.1) is 12.4 Å². The zero-order chi connectivity index (χ0) is 63.4. The predicted octanol–water partition coefficient (Wildman–Crippen LogP) is 12.2. The Labute approximate surface area is 527 Å². The Kier molecular flexibility index (Phi) is 24.4. The molecule has 0 spiro atoms. The Bertz CT molecular complexity index is 2570. The Hall–Kier alpha value is -2.97. The van der Waals surface area contributed by atoms with E-state index in [0.717, 1.165) is 88.2 Å². The number of benzene rings is 2.